The number of hydrogen-bond donors (Lipinski definition) is 1. The molecule has 1 spiro atoms. The fourth-order valence-corrected chi connectivity index (χ4v) is 7.10. The minimum absolute atomic E-state index is 0.0308. The van der Waals surface area contributed by atoms with Gasteiger partial charge in [0, 0.05) is 29.6 Å². The van der Waals surface area contributed by atoms with E-state index in [-0.39, 0.29) is 23.3 Å². The minimum atomic E-state index is -1.39. The molecule has 2 bridgehead atoms. The average molecular weight is 382 g/mol. The second kappa shape index (κ2) is 5.59. The number of nitrogens with zero attached hydrogens (tertiary/aromatic N) is 2. The van der Waals surface area contributed by atoms with Crippen LogP contribution >= 0.6 is 0 Å². The van der Waals surface area contributed by atoms with E-state index in [4.69, 9.17) is 9.47 Å². The van der Waals surface area contributed by atoms with E-state index in [0.717, 1.165) is 37.4 Å². The predicted octanol–water partition coefficient (Wildman–Crippen LogP) is 1.67. The van der Waals surface area contributed by atoms with Gasteiger partial charge in [-0.1, -0.05) is 11.6 Å². The van der Waals surface area contributed by atoms with Gasteiger partial charge in [0.25, 0.3) is 5.91 Å². The number of allylic oxidation sites excluding steroid dienone is 1. The number of hydrogen-bond acceptors (Lipinski definition) is 5. The van der Waals surface area contributed by atoms with Crippen molar-refractivity contribution in [2.45, 2.75) is 43.6 Å². The Morgan fingerprint density at radius 3 is 3.04 bits per heavy atom. The monoisotopic (exact) mass is 382 g/mol. The van der Waals surface area contributed by atoms with Crippen molar-refractivity contribution >= 4 is 11.6 Å². The summed E-state index contributed by atoms with van der Waals surface area (Å²) in [6.45, 7) is 4.60. The lowest BCUT2D eigenvalue weighted by Crippen LogP contribution is -2.65. The molecule has 4 fully saturated rings. The Balaban J connectivity index is 1.63. The van der Waals surface area contributed by atoms with Crippen molar-refractivity contribution in [1.82, 2.24) is 4.90 Å². The minimum Gasteiger partial charge on any atom is -0.497 e. The van der Waals surface area contributed by atoms with E-state index in [1.54, 1.807) is 7.11 Å². The Labute approximate surface area is 164 Å². The third-order valence-electron chi connectivity index (χ3n) is 8.15. The second-order valence-corrected chi connectivity index (χ2v) is 8.87. The summed E-state index contributed by atoms with van der Waals surface area (Å²) in [4.78, 5) is 17.7. The molecule has 4 aliphatic heterocycles. The van der Waals surface area contributed by atoms with Crippen LogP contribution in [0.3, 0.4) is 0 Å². The first-order valence-corrected chi connectivity index (χ1v) is 10.3. The van der Waals surface area contributed by atoms with E-state index < -0.39 is 6.29 Å². The van der Waals surface area contributed by atoms with Gasteiger partial charge in [-0.2, -0.15) is 0 Å². The zero-order valence-corrected chi connectivity index (χ0v) is 16.3. The zero-order valence-electron chi connectivity index (χ0n) is 16.3. The molecular weight excluding hydrogens is 356 g/mol. The Kier molecular flexibility index (Phi) is 3.39. The van der Waals surface area contributed by atoms with E-state index in [1.165, 1.54) is 11.1 Å². The van der Waals surface area contributed by atoms with Gasteiger partial charge in [-0.05, 0) is 56.0 Å². The van der Waals surface area contributed by atoms with Crippen molar-refractivity contribution in [1.29, 1.82) is 0 Å². The Hall–Kier alpha value is -1.89. The summed E-state index contributed by atoms with van der Waals surface area (Å²) in [7, 11) is 1.69. The molecule has 1 aliphatic carbocycles. The normalized spacial score (nSPS) is 42.4. The fraction of sp³-hybridized carbons (Fsp3) is 0.591. The smallest absolute Gasteiger partial charge is 0.284 e. The summed E-state index contributed by atoms with van der Waals surface area (Å²) in [6.07, 6.45) is 2.99. The molecule has 6 atom stereocenters. The number of anilines is 1. The van der Waals surface area contributed by atoms with Crippen LogP contribution in [0.1, 0.15) is 25.3 Å². The first-order valence-electron chi connectivity index (χ1n) is 10.3. The quantitative estimate of drug-likeness (QED) is 0.749. The first-order chi connectivity index (χ1) is 13.6. The Morgan fingerprint density at radius 1 is 1.39 bits per heavy atom. The van der Waals surface area contributed by atoms with Gasteiger partial charge in [0.2, 0.25) is 6.29 Å². The van der Waals surface area contributed by atoms with E-state index in [2.05, 4.69) is 24.0 Å². The summed E-state index contributed by atoms with van der Waals surface area (Å²) in [5.74, 6) is 1.11. The number of piperidine rings is 1. The number of rotatable bonds is 1. The SMILES string of the molecule is C/C=C1/CN2CC[C@]34c5cc(OC)ccc5N5C(=O)[C@@H](O)OC[C@@H]([C@H]53)[C@H]1C[C@H]24. The molecule has 1 aromatic rings. The van der Waals surface area contributed by atoms with Crippen LogP contribution in [0.25, 0.3) is 0 Å². The molecule has 4 heterocycles. The highest BCUT2D eigenvalue weighted by Crippen LogP contribution is 2.64. The predicted molar refractivity (Wildman–Crippen MR) is 103 cm³/mol. The van der Waals surface area contributed by atoms with Gasteiger partial charge in [0.1, 0.15) is 5.75 Å². The first kappa shape index (κ1) is 17.0. The molecule has 1 amide bonds. The zero-order chi connectivity index (χ0) is 19.2. The van der Waals surface area contributed by atoms with Crippen LogP contribution in [0.4, 0.5) is 5.69 Å². The second-order valence-electron chi connectivity index (χ2n) is 8.87. The standard InChI is InChI=1S/C22H26N2O4/c1-3-12-10-23-7-6-22-16-8-13(27-2)4-5-17(16)24-19(22)15(14(12)9-18(22)23)11-28-21(26)20(24)25/h3-5,8,14-15,18-19,21,26H,6-7,9-11H2,1-2H3/b12-3-/t14-,15+,18-,19-,21-,22+/m0/s1. The third kappa shape index (κ3) is 1.82. The molecule has 0 aromatic heterocycles. The van der Waals surface area contributed by atoms with Gasteiger partial charge >= 0.3 is 0 Å². The van der Waals surface area contributed by atoms with Gasteiger partial charge in [0.15, 0.2) is 0 Å². The van der Waals surface area contributed by atoms with Crippen LogP contribution in [-0.2, 0) is 14.9 Å². The molecule has 3 saturated heterocycles. The van der Waals surface area contributed by atoms with Gasteiger partial charge in [0.05, 0.1) is 19.8 Å². The lowest BCUT2D eigenvalue weighted by atomic mass is 9.55. The van der Waals surface area contributed by atoms with Crippen molar-refractivity contribution in [2.75, 3.05) is 31.7 Å². The van der Waals surface area contributed by atoms with Gasteiger partial charge < -0.3 is 19.5 Å². The molecule has 0 radical (unpaired) electrons. The third-order valence-corrected chi connectivity index (χ3v) is 8.15. The lowest BCUT2D eigenvalue weighted by molar-refractivity contribution is -0.154. The van der Waals surface area contributed by atoms with Crippen LogP contribution in [0.2, 0.25) is 0 Å². The number of amides is 1. The number of carbonyl (C=O) groups excluding carboxylic acids is 1. The number of benzene rings is 1. The van der Waals surface area contributed by atoms with Crippen LogP contribution in [0.5, 0.6) is 5.75 Å². The lowest BCUT2D eigenvalue weighted by Gasteiger charge is -2.55. The van der Waals surface area contributed by atoms with Crippen LogP contribution in [-0.4, -0.2) is 61.1 Å². The Morgan fingerprint density at radius 2 is 2.25 bits per heavy atom. The van der Waals surface area contributed by atoms with Crippen LogP contribution < -0.4 is 9.64 Å². The van der Waals surface area contributed by atoms with Crippen molar-refractivity contribution in [3.8, 4) is 5.75 Å². The maximum Gasteiger partial charge on any atom is 0.284 e. The molecule has 6 nitrogen and oxygen atoms in total. The van der Waals surface area contributed by atoms with Crippen molar-refractivity contribution in [2.24, 2.45) is 11.8 Å². The number of methoxy groups -OCH3 is 1. The maximum atomic E-state index is 13.2. The number of carbonyl (C=O) groups is 1. The van der Waals surface area contributed by atoms with Crippen molar-refractivity contribution < 1.29 is 19.4 Å². The van der Waals surface area contributed by atoms with E-state index in [1.807, 2.05) is 17.0 Å². The topological polar surface area (TPSA) is 62.2 Å². The number of ether oxygens (including phenoxy) is 2. The molecule has 5 aliphatic rings. The van der Waals surface area contributed by atoms with E-state index in [9.17, 15) is 9.90 Å². The summed E-state index contributed by atoms with van der Waals surface area (Å²) < 4.78 is 11.2. The number of aliphatic hydroxyl groups is 1. The van der Waals surface area contributed by atoms with Gasteiger partial charge in [-0.15, -0.1) is 0 Å². The molecule has 1 saturated carbocycles. The molecule has 0 unspecified atom stereocenters. The molecule has 28 heavy (non-hydrogen) atoms. The maximum absolute atomic E-state index is 13.2. The number of fused-ring (bicyclic) bond motifs is 4. The van der Waals surface area contributed by atoms with Gasteiger partial charge in [-0.3, -0.25) is 9.69 Å². The largest absolute Gasteiger partial charge is 0.497 e. The summed E-state index contributed by atoms with van der Waals surface area (Å²) >= 11 is 0. The van der Waals surface area contributed by atoms with Crippen molar-refractivity contribution in [3.05, 3.63) is 35.4 Å². The highest BCUT2D eigenvalue weighted by atomic mass is 16.6. The molecule has 1 N–H and O–H groups in total. The van der Waals surface area contributed by atoms with Crippen LogP contribution in [0, 0.1) is 11.8 Å². The van der Waals surface area contributed by atoms with E-state index in [0.29, 0.717) is 18.6 Å². The fourth-order valence-electron chi connectivity index (χ4n) is 7.10. The summed E-state index contributed by atoms with van der Waals surface area (Å²) in [5.41, 5.74) is 3.51. The highest BCUT2D eigenvalue weighted by Gasteiger charge is 2.69. The molecule has 148 valence electrons. The molecule has 1 aromatic carbocycles. The van der Waals surface area contributed by atoms with Crippen LogP contribution in [0.15, 0.2) is 29.8 Å². The number of aliphatic hydroxyl groups excluding tert-OH is 1. The van der Waals surface area contributed by atoms with E-state index >= 15 is 0 Å². The Bertz CT molecular complexity index is 899. The summed E-state index contributed by atoms with van der Waals surface area (Å²) in [5, 5.41) is 10.4. The molecule has 6 rings (SSSR count). The summed E-state index contributed by atoms with van der Waals surface area (Å²) in [6, 6.07) is 6.50. The molecular formula is C22H26N2O4. The van der Waals surface area contributed by atoms with Gasteiger partial charge in [-0.25, -0.2) is 0 Å². The van der Waals surface area contributed by atoms with Crippen molar-refractivity contribution in [3.63, 3.8) is 0 Å². The highest BCUT2D eigenvalue weighted by molar-refractivity contribution is 6.00. The average Bonchev–Trinajstić information content (AvgIpc) is 3.21. The molecule has 6 heteroatoms.